The zero-order chi connectivity index (χ0) is 10.7. The molecule has 3 heteroatoms. The molecule has 0 radical (unpaired) electrons. The monoisotopic (exact) mass is 195 g/mol. The van der Waals surface area contributed by atoms with Crippen LogP contribution in [0.5, 0.6) is 0 Å². The van der Waals surface area contributed by atoms with E-state index in [2.05, 4.69) is 0 Å². The Hall–Kier alpha value is -1.22. The highest BCUT2D eigenvalue weighted by molar-refractivity contribution is 5.97. The van der Waals surface area contributed by atoms with Gasteiger partial charge in [-0.2, -0.15) is 0 Å². The average Bonchev–Trinajstić information content (AvgIpc) is 2.20. The van der Waals surface area contributed by atoms with Gasteiger partial charge >= 0.3 is 0 Å². The van der Waals surface area contributed by atoms with Crippen LogP contribution in [0.15, 0.2) is 18.2 Å². The second kappa shape index (κ2) is 4.33. The molecule has 0 aliphatic rings. The fourth-order valence-corrected chi connectivity index (χ4v) is 1.14. The fourth-order valence-electron chi connectivity index (χ4n) is 1.14. The molecular formula is C11H14FNO. The Bertz CT molecular complexity index is 349. The van der Waals surface area contributed by atoms with Crippen LogP contribution in [0, 0.1) is 18.7 Å². The summed E-state index contributed by atoms with van der Waals surface area (Å²) in [5.74, 6) is -0.705. The Kier molecular flexibility index (Phi) is 3.36. The molecule has 0 saturated carbocycles. The van der Waals surface area contributed by atoms with Crippen LogP contribution in [0.4, 0.5) is 4.39 Å². The number of nitrogens with two attached hydrogens (primary N) is 1. The van der Waals surface area contributed by atoms with Crippen molar-refractivity contribution >= 4 is 5.78 Å². The van der Waals surface area contributed by atoms with Crippen molar-refractivity contribution in [1.29, 1.82) is 0 Å². The first kappa shape index (κ1) is 10.9. The second-order valence-electron chi connectivity index (χ2n) is 3.46. The van der Waals surface area contributed by atoms with E-state index in [0.29, 0.717) is 11.1 Å². The first-order chi connectivity index (χ1) is 6.56. The predicted molar refractivity (Wildman–Crippen MR) is 53.7 cm³/mol. The van der Waals surface area contributed by atoms with Gasteiger partial charge in [-0.3, -0.25) is 4.79 Å². The Balaban J connectivity index is 2.97. The van der Waals surface area contributed by atoms with Crippen molar-refractivity contribution in [2.24, 2.45) is 11.7 Å². The molecule has 0 heterocycles. The molecule has 0 aromatic heterocycles. The number of hydrogen-bond donors (Lipinski definition) is 1. The van der Waals surface area contributed by atoms with Crippen molar-refractivity contribution in [3.05, 3.63) is 35.1 Å². The highest BCUT2D eigenvalue weighted by Gasteiger charge is 2.14. The summed E-state index contributed by atoms with van der Waals surface area (Å²) in [6.45, 7) is 3.68. The summed E-state index contributed by atoms with van der Waals surface area (Å²) in [4.78, 5) is 11.6. The zero-order valence-corrected chi connectivity index (χ0v) is 8.38. The molecule has 0 saturated heterocycles. The topological polar surface area (TPSA) is 43.1 Å². The summed E-state index contributed by atoms with van der Waals surface area (Å²) < 4.78 is 13.1. The SMILES string of the molecule is Cc1ccc(C(=O)C(C)CN)cc1F. The molecule has 0 spiro atoms. The van der Waals surface area contributed by atoms with Gasteiger partial charge in [0.15, 0.2) is 5.78 Å². The van der Waals surface area contributed by atoms with Crippen LogP contribution >= 0.6 is 0 Å². The first-order valence-corrected chi connectivity index (χ1v) is 4.56. The fraction of sp³-hybridized carbons (Fsp3) is 0.364. The maximum absolute atomic E-state index is 13.1. The Morgan fingerprint density at radius 3 is 2.71 bits per heavy atom. The van der Waals surface area contributed by atoms with Crippen molar-refractivity contribution in [3.63, 3.8) is 0 Å². The molecule has 0 aliphatic heterocycles. The number of carbonyl (C=O) groups is 1. The van der Waals surface area contributed by atoms with Gasteiger partial charge in [0.05, 0.1) is 0 Å². The summed E-state index contributed by atoms with van der Waals surface area (Å²) in [6.07, 6.45) is 0. The van der Waals surface area contributed by atoms with Gasteiger partial charge in [0, 0.05) is 18.0 Å². The van der Waals surface area contributed by atoms with Crippen molar-refractivity contribution in [3.8, 4) is 0 Å². The molecule has 1 rings (SSSR count). The van der Waals surface area contributed by atoms with E-state index in [1.807, 2.05) is 0 Å². The van der Waals surface area contributed by atoms with E-state index in [1.165, 1.54) is 6.07 Å². The Morgan fingerprint density at radius 2 is 2.21 bits per heavy atom. The molecule has 14 heavy (non-hydrogen) atoms. The lowest BCUT2D eigenvalue weighted by Crippen LogP contribution is -2.20. The summed E-state index contributed by atoms with van der Waals surface area (Å²) >= 11 is 0. The molecule has 2 nitrogen and oxygen atoms in total. The van der Waals surface area contributed by atoms with Gasteiger partial charge in [0.2, 0.25) is 0 Å². The molecule has 2 N–H and O–H groups in total. The Morgan fingerprint density at radius 1 is 1.57 bits per heavy atom. The van der Waals surface area contributed by atoms with Crippen LogP contribution in [0.25, 0.3) is 0 Å². The second-order valence-corrected chi connectivity index (χ2v) is 3.46. The summed E-state index contributed by atoms with van der Waals surface area (Å²) in [7, 11) is 0. The number of ketones is 1. The third-order valence-corrected chi connectivity index (χ3v) is 2.26. The normalized spacial score (nSPS) is 12.6. The molecule has 1 aromatic carbocycles. The number of carbonyl (C=O) groups excluding carboxylic acids is 1. The minimum Gasteiger partial charge on any atom is -0.330 e. The standard InChI is InChI=1S/C11H14FNO/c1-7-3-4-9(5-10(7)12)11(14)8(2)6-13/h3-5,8H,6,13H2,1-2H3. The first-order valence-electron chi connectivity index (χ1n) is 4.56. The third-order valence-electron chi connectivity index (χ3n) is 2.26. The van der Waals surface area contributed by atoms with Gasteiger partial charge in [0.1, 0.15) is 5.82 Å². The smallest absolute Gasteiger partial charge is 0.167 e. The van der Waals surface area contributed by atoms with Crippen molar-refractivity contribution in [2.45, 2.75) is 13.8 Å². The van der Waals surface area contributed by atoms with Gasteiger partial charge in [-0.05, 0) is 18.6 Å². The van der Waals surface area contributed by atoms with E-state index < -0.39 is 0 Å². The highest BCUT2D eigenvalue weighted by atomic mass is 19.1. The van der Waals surface area contributed by atoms with Crippen LogP contribution < -0.4 is 5.73 Å². The molecule has 0 amide bonds. The van der Waals surface area contributed by atoms with Crippen LogP contribution in [-0.4, -0.2) is 12.3 Å². The van der Waals surface area contributed by atoms with Crippen LogP contribution in [0.1, 0.15) is 22.8 Å². The number of aryl methyl sites for hydroxylation is 1. The van der Waals surface area contributed by atoms with Crippen molar-refractivity contribution in [1.82, 2.24) is 0 Å². The number of hydrogen-bond acceptors (Lipinski definition) is 2. The number of Topliss-reactive ketones (excluding diaryl/α,β-unsaturated/α-hetero) is 1. The lowest BCUT2D eigenvalue weighted by atomic mass is 9.98. The quantitative estimate of drug-likeness (QED) is 0.749. The molecule has 1 unspecified atom stereocenters. The molecule has 0 fully saturated rings. The molecule has 1 atom stereocenters. The Labute approximate surface area is 82.9 Å². The van der Waals surface area contributed by atoms with Gasteiger partial charge in [0.25, 0.3) is 0 Å². The average molecular weight is 195 g/mol. The lowest BCUT2D eigenvalue weighted by molar-refractivity contribution is 0.0934. The molecule has 0 aliphatic carbocycles. The van der Waals surface area contributed by atoms with E-state index >= 15 is 0 Å². The van der Waals surface area contributed by atoms with Crippen LogP contribution in [0.2, 0.25) is 0 Å². The summed E-state index contributed by atoms with van der Waals surface area (Å²) in [5, 5.41) is 0. The minimum atomic E-state index is -0.347. The zero-order valence-electron chi connectivity index (χ0n) is 8.38. The number of halogens is 1. The summed E-state index contributed by atoms with van der Waals surface area (Å²) in [5.41, 5.74) is 6.30. The van der Waals surface area contributed by atoms with E-state index in [0.717, 1.165) is 0 Å². The van der Waals surface area contributed by atoms with E-state index in [4.69, 9.17) is 5.73 Å². The predicted octanol–water partition coefficient (Wildman–Crippen LogP) is 1.91. The minimum absolute atomic E-state index is 0.105. The van der Waals surface area contributed by atoms with Crippen LogP contribution in [0.3, 0.4) is 0 Å². The van der Waals surface area contributed by atoms with Gasteiger partial charge in [-0.15, -0.1) is 0 Å². The van der Waals surface area contributed by atoms with Crippen LogP contribution in [-0.2, 0) is 0 Å². The maximum Gasteiger partial charge on any atom is 0.167 e. The number of benzene rings is 1. The van der Waals surface area contributed by atoms with E-state index in [9.17, 15) is 9.18 Å². The summed E-state index contributed by atoms with van der Waals surface area (Å²) in [6, 6.07) is 4.50. The molecule has 76 valence electrons. The van der Waals surface area contributed by atoms with Crippen molar-refractivity contribution in [2.75, 3.05) is 6.54 Å². The molecule has 0 bridgehead atoms. The van der Waals surface area contributed by atoms with Crippen molar-refractivity contribution < 1.29 is 9.18 Å². The highest BCUT2D eigenvalue weighted by Crippen LogP contribution is 2.12. The van der Waals surface area contributed by atoms with E-state index in [-0.39, 0.29) is 24.1 Å². The van der Waals surface area contributed by atoms with Gasteiger partial charge in [-0.1, -0.05) is 19.1 Å². The van der Waals surface area contributed by atoms with E-state index in [1.54, 1.807) is 26.0 Å². The van der Waals surface area contributed by atoms with Gasteiger partial charge in [-0.25, -0.2) is 4.39 Å². The number of rotatable bonds is 3. The van der Waals surface area contributed by atoms with Gasteiger partial charge < -0.3 is 5.73 Å². The third kappa shape index (κ3) is 2.17. The molecular weight excluding hydrogens is 181 g/mol. The largest absolute Gasteiger partial charge is 0.330 e. The maximum atomic E-state index is 13.1. The molecule has 1 aromatic rings. The lowest BCUT2D eigenvalue weighted by Gasteiger charge is -2.07.